The SMILES string of the molecule is C=C(C)COC(OCCC)C(C)O. The summed E-state index contributed by atoms with van der Waals surface area (Å²) < 4.78 is 10.6. The van der Waals surface area contributed by atoms with E-state index < -0.39 is 12.4 Å². The third-order valence-electron chi connectivity index (χ3n) is 1.37. The van der Waals surface area contributed by atoms with Gasteiger partial charge in [0.05, 0.1) is 6.61 Å². The number of hydrogen-bond acceptors (Lipinski definition) is 3. The van der Waals surface area contributed by atoms with Gasteiger partial charge in [0, 0.05) is 6.61 Å². The van der Waals surface area contributed by atoms with Crippen molar-refractivity contribution in [2.45, 2.75) is 39.6 Å². The summed E-state index contributed by atoms with van der Waals surface area (Å²) in [4.78, 5) is 0. The molecule has 0 fully saturated rings. The van der Waals surface area contributed by atoms with Gasteiger partial charge in [-0.3, -0.25) is 0 Å². The number of hydrogen-bond donors (Lipinski definition) is 1. The molecule has 0 aliphatic heterocycles. The Labute approximate surface area is 80.4 Å². The Bertz CT molecular complexity index is 143. The number of aliphatic hydroxyl groups is 1. The second-order valence-corrected chi connectivity index (χ2v) is 3.25. The lowest BCUT2D eigenvalue weighted by Gasteiger charge is -2.20. The topological polar surface area (TPSA) is 38.7 Å². The van der Waals surface area contributed by atoms with Gasteiger partial charge in [-0.25, -0.2) is 0 Å². The fourth-order valence-electron chi connectivity index (χ4n) is 0.785. The molecule has 0 spiro atoms. The van der Waals surface area contributed by atoms with Gasteiger partial charge >= 0.3 is 0 Å². The summed E-state index contributed by atoms with van der Waals surface area (Å²) in [5.74, 6) is 0. The van der Waals surface area contributed by atoms with Gasteiger partial charge < -0.3 is 14.6 Å². The van der Waals surface area contributed by atoms with E-state index in [1.807, 2.05) is 13.8 Å². The van der Waals surface area contributed by atoms with Crippen LogP contribution in [-0.2, 0) is 9.47 Å². The summed E-state index contributed by atoms with van der Waals surface area (Å²) >= 11 is 0. The molecule has 13 heavy (non-hydrogen) atoms. The summed E-state index contributed by atoms with van der Waals surface area (Å²) in [5.41, 5.74) is 0.922. The van der Waals surface area contributed by atoms with Gasteiger partial charge in [0.2, 0.25) is 0 Å². The van der Waals surface area contributed by atoms with Crippen LogP contribution in [0.15, 0.2) is 12.2 Å². The molecule has 0 aromatic carbocycles. The van der Waals surface area contributed by atoms with Crippen LogP contribution in [0.25, 0.3) is 0 Å². The van der Waals surface area contributed by atoms with Gasteiger partial charge in [-0.15, -0.1) is 0 Å². The molecule has 0 aliphatic rings. The molecule has 2 unspecified atom stereocenters. The molecule has 0 radical (unpaired) electrons. The van der Waals surface area contributed by atoms with Crippen molar-refractivity contribution in [3.8, 4) is 0 Å². The van der Waals surface area contributed by atoms with Gasteiger partial charge in [-0.1, -0.05) is 19.1 Å². The Balaban J connectivity index is 3.73. The average Bonchev–Trinajstić information content (AvgIpc) is 2.03. The quantitative estimate of drug-likeness (QED) is 0.488. The van der Waals surface area contributed by atoms with E-state index in [-0.39, 0.29) is 0 Å². The molecule has 0 bridgehead atoms. The predicted octanol–water partition coefficient (Wildman–Crippen LogP) is 1.71. The summed E-state index contributed by atoms with van der Waals surface area (Å²) in [7, 11) is 0. The van der Waals surface area contributed by atoms with E-state index in [4.69, 9.17) is 9.47 Å². The van der Waals surface area contributed by atoms with E-state index in [1.165, 1.54) is 0 Å². The van der Waals surface area contributed by atoms with Crippen LogP contribution in [0.5, 0.6) is 0 Å². The van der Waals surface area contributed by atoms with E-state index in [2.05, 4.69) is 6.58 Å². The minimum atomic E-state index is -0.606. The van der Waals surface area contributed by atoms with Crippen LogP contribution >= 0.6 is 0 Å². The Kier molecular flexibility index (Phi) is 6.86. The van der Waals surface area contributed by atoms with E-state index in [9.17, 15) is 5.11 Å². The van der Waals surface area contributed by atoms with Crippen LogP contribution in [-0.4, -0.2) is 30.7 Å². The van der Waals surface area contributed by atoms with Crippen LogP contribution < -0.4 is 0 Å². The second kappa shape index (κ2) is 7.06. The Morgan fingerprint density at radius 1 is 1.46 bits per heavy atom. The molecule has 0 heterocycles. The van der Waals surface area contributed by atoms with E-state index in [0.29, 0.717) is 13.2 Å². The van der Waals surface area contributed by atoms with Gasteiger partial charge in [0.25, 0.3) is 0 Å². The number of ether oxygens (including phenoxy) is 2. The summed E-state index contributed by atoms with van der Waals surface area (Å²) in [6.45, 7) is 10.3. The number of aliphatic hydroxyl groups excluding tert-OH is 1. The zero-order valence-corrected chi connectivity index (χ0v) is 8.75. The van der Waals surface area contributed by atoms with Crippen LogP contribution in [0.3, 0.4) is 0 Å². The molecule has 0 saturated heterocycles. The highest BCUT2D eigenvalue weighted by Crippen LogP contribution is 2.04. The summed E-state index contributed by atoms with van der Waals surface area (Å²) in [6, 6.07) is 0. The molecule has 0 rings (SSSR count). The average molecular weight is 188 g/mol. The first-order valence-electron chi connectivity index (χ1n) is 4.63. The first-order chi connectivity index (χ1) is 6.07. The Morgan fingerprint density at radius 3 is 2.46 bits per heavy atom. The Morgan fingerprint density at radius 2 is 2.08 bits per heavy atom. The van der Waals surface area contributed by atoms with Gasteiger partial charge in [0.1, 0.15) is 6.10 Å². The maximum absolute atomic E-state index is 9.27. The lowest BCUT2D eigenvalue weighted by molar-refractivity contribution is -0.184. The standard InChI is InChI=1S/C10H20O3/c1-5-6-12-10(9(4)11)13-7-8(2)3/h9-11H,2,5-7H2,1,3-4H3. The van der Waals surface area contributed by atoms with Crippen molar-refractivity contribution in [3.63, 3.8) is 0 Å². The lowest BCUT2D eigenvalue weighted by Crippen LogP contribution is -2.30. The lowest BCUT2D eigenvalue weighted by atomic mass is 10.3. The minimum Gasteiger partial charge on any atom is -0.388 e. The maximum atomic E-state index is 9.27. The second-order valence-electron chi connectivity index (χ2n) is 3.25. The predicted molar refractivity (Wildman–Crippen MR) is 52.5 cm³/mol. The zero-order chi connectivity index (χ0) is 10.3. The first kappa shape index (κ1) is 12.6. The molecule has 1 N–H and O–H groups in total. The molecule has 0 aromatic rings. The molecular formula is C10H20O3. The van der Waals surface area contributed by atoms with Gasteiger partial charge in [-0.05, 0) is 20.3 Å². The van der Waals surface area contributed by atoms with Crippen LogP contribution in [0, 0.1) is 0 Å². The molecule has 0 amide bonds. The van der Waals surface area contributed by atoms with Crippen molar-refractivity contribution in [2.24, 2.45) is 0 Å². The maximum Gasteiger partial charge on any atom is 0.183 e. The van der Waals surface area contributed by atoms with Crippen molar-refractivity contribution in [1.82, 2.24) is 0 Å². The molecule has 78 valence electrons. The molecule has 3 nitrogen and oxygen atoms in total. The normalized spacial score (nSPS) is 15.4. The highest BCUT2D eigenvalue weighted by molar-refractivity contribution is 4.87. The van der Waals surface area contributed by atoms with Gasteiger partial charge in [-0.2, -0.15) is 0 Å². The fraction of sp³-hybridized carbons (Fsp3) is 0.800. The molecular weight excluding hydrogens is 168 g/mol. The van der Waals surface area contributed by atoms with Crippen molar-refractivity contribution in [1.29, 1.82) is 0 Å². The number of rotatable bonds is 7. The van der Waals surface area contributed by atoms with Crippen LogP contribution in [0.1, 0.15) is 27.2 Å². The fourth-order valence-corrected chi connectivity index (χ4v) is 0.785. The van der Waals surface area contributed by atoms with E-state index in [1.54, 1.807) is 6.92 Å². The highest BCUT2D eigenvalue weighted by atomic mass is 16.7. The largest absolute Gasteiger partial charge is 0.388 e. The molecule has 3 heteroatoms. The monoisotopic (exact) mass is 188 g/mol. The van der Waals surface area contributed by atoms with Crippen LogP contribution in [0.4, 0.5) is 0 Å². The zero-order valence-electron chi connectivity index (χ0n) is 8.75. The molecule has 0 aliphatic carbocycles. The van der Waals surface area contributed by atoms with Crippen molar-refractivity contribution in [3.05, 3.63) is 12.2 Å². The third-order valence-corrected chi connectivity index (χ3v) is 1.37. The van der Waals surface area contributed by atoms with E-state index >= 15 is 0 Å². The molecule has 0 saturated carbocycles. The van der Waals surface area contributed by atoms with Crippen molar-refractivity contribution in [2.75, 3.05) is 13.2 Å². The first-order valence-corrected chi connectivity index (χ1v) is 4.63. The summed E-state index contributed by atoms with van der Waals surface area (Å²) in [5, 5.41) is 9.27. The van der Waals surface area contributed by atoms with Gasteiger partial charge in [0.15, 0.2) is 6.29 Å². The van der Waals surface area contributed by atoms with Crippen LogP contribution in [0.2, 0.25) is 0 Å². The van der Waals surface area contributed by atoms with E-state index in [0.717, 1.165) is 12.0 Å². The molecule has 0 aromatic heterocycles. The smallest absolute Gasteiger partial charge is 0.183 e. The molecule has 2 atom stereocenters. The highest BCUT2D eigenvalue weighted by Gasteiger charge is 2.15. The van der Waals surface area contributed by atoms with Crippen molar-refractivity contribution < 1.29 is 14.6 Å². The Hall–Kier alpha value is -0.380. The van der Waals surface area contributed by atoms with Crippen molar-refractivity contribution >= 4 is 0 Å². The summed E-state index contributed by atoms with van der Waals surface area (Å²) in [6.07, 6.45) is -0.220. The third kappa shape index (κ3) is 6.75. The minimum absolute atomic E-state index is 0.430.